The molecular weight excluding hydrogens is 481 g/mol. The van der Waals surface area contributed by atoms with E-state index in [0.29, 0.717) is 23.5 Å². The van der Waals surface area contributed by atoms with Crippen molar-refractivity contribution in [3.63, 3.8) is 0 Å². The summed E-state index contributed by atoms with van der Waals surface area (Å²) in [5.74, 6) is 0.494. The van der Waals surface area contributed by atoms with Crippen molar-refractivity contribution < 1.29 is 34.0 Å². The molecule has 3 heterocycles. The number of hydrogen-bond donors (Lipinski definition) is 5. The smallest absolute Gasteiger partial charge is 0.359 e. The lowest BCUT2D eigenvalue weighted by Crippen LogP contribution is -2.40. The summed E-state index contributed by atoms with van der Waals surface area (Å²) >= 11 is 5.40. The molecule has 3 rings (SSSR count). The van der Waals surface area contributed by atoms with Gasteiger partial charge < -0.3 is 34.5 Å². The number of rotatable bonds is 9. The van der Waals surface area contributed by atoms with E-state index in [1.807, 2.05) is 6.92 Å². The maximum absolute atomic E-state index is 13.0. The van der Waals surface area contributed by atoms with Gasteiger partial charge in [0.05, 0.1) is 17.4 Å². The van der Waals surface area contributed by atoms with Crippen molar-refractivity contribution in [2.24, 2.45) is 0 Å². The molecule has 1 fully saturated rings. The number of fused-ring (bicyclic) bond motifs is 1. The van der Waals surface area contributed by atoms with Crippen LogP contribution in [0.5, 0.6) is 0 Å². The van der Waals surface area contributed by atoms with Crippen LogP contribution in [0, 0.1) is 11.6 Å². The normalized spacial score (nSPS) is 27.0. The number of aromatic nitrogens is 3. The lowest BCUT2D eigenvalue weighted by Gasteiger charge is -2.38. The molecule has 190 valence electrons. The summed E-state index contributed by atoms with van der Waals surface area (Å²) in [5.41, 5.74) is 0.487. The highest BCUT2D eigenvalue weighted by molar-refractivity contribution is 7.71. The Morgan fingerprint density at radius 3 is 2.44 bits per heavy atom. The minimum atomic E-state index is -4.44. The number of aromatic amines is 1. The molecule has 5 N–H and O–H groups in total. The molecule has 0 radical (unpaired) electrons. The van der Waals surface area contributed by atoms with E-state index in [0.717, 1.165) is 5.69 Å². The minimum Gasteiger partial charge on any atom is -0.388 e. The number of ether oxygens (including phenoxy) is 1. The first-order valence-corrected chi connectivity index (χ1v) is 13.4. The first-order chi connectivity index (χ1) is 15.8. The molecule has 0 bridgehead atoms. The fourth-order valence-corrected chi connectivity index (χ4v) is 6.21. The van der Waals surface area contributed by atoms with Crippen LogP contribution in [-0.4, -0.2) is 64.4 Å². The second kappa shape index (κ2) is 9.99. The molecule has 0 aliphatic carbocycles. The van der Waals surface area contributed by atoms with Gasteiger partial charge in [-0.05, 0) is 39.2 Å². The van der Waals surface area contributed by atoms with Crippen LogP contribution in [0.25, 0.3) is 11.5 Å². The maximum atomic E-state index is 13.0. The molecule has 12 heteroatoms. The Labute approximate surface area is 204 Å². The average molecular weight is 516 g/mol. The number of nitrogens with one attached hydrogen (secondary N) is 1. The Morgan fingerprint density at radius 1 is 1.21 bits per heavy atom. The number of H-pyrrole nitrogens is 1. The van der Waals surface area contributed by atoms with Crippen LogP contribution >= 0.6 is 19.8 Å². The molecule has 6 atom stereocenters. The zero-order valence-electron chi connectivity index (χ0n) is 20.1. The number of pyridine rings is 1. The summed E-state index contributed by atoms with van der Waals surface area (Å²) in [6.07, 6.45) is -2.37. The molecule has 34 heavy (non-hydrogen) atoms. The van der Waals surface area contributed by atoms with Gasteiger partial charge in [-0.2, -0.15) is 0 Å². The second-order valence-electron chi connectivity index (χ2n) is 9.18. The van der Waals surface area contributed by atoms with Crippen LogP contribution in [0.15, 0.2) is 12.3 Å². The summed E-state index contributed by atoms with van der Waals surface area (Å²) in [6, 6.07) is 1.68. The van der Waals surface area contributed by atoms with Gasteiger partial charge in [0.1, 0.15) is 28.6 Å². The Morgan fingerprint density at radius 2 is 1.85 bits per heavy atom. The third kappa shape index (κ3) is 5.12. The van der Waals surface area contributed by atoms with Gasteiger partial charge in [-0.3, -0.25) is 4.57 Å². The van der Waals surface area contributed by atoms with E-state index >= 15 is 0 Å². The largest absolute Gasteiger partial charge is 0.388 e. The van der Waals surface area contributed by atoms with E-state index in [-0.39, 0.29) is 23.9 Å². The fraction of sp³-hybridized carbons (Fsp3) is 0.682. The maximum Gasteiger partial charge on any atom is 0.359 e. The molecule has 0 spiro atoms. The van der Waals surface area contributed by atoms with Gasteiger partial charge in [-0.15, -0.1) is 0 Å². The van der Waals surface area contributed by atoms with Crippen molar-refractivity contribution in [1.29, 1.82) is 0 Å². The van der Waals surface area contributed by atoms with Gasteiger partial charge in [0, 0.05) is 18.2 Å². The topological polar surface area (TPSA) is 158 Å². The highest BCUT2D eigenvalue weighted by Crippen LogP contribution is 2.60. The Balaban J connectivity index is 1.87. The minimum absolute atomic E-state index is 0.00515. The van der Waals surface area contributed by atoms with Crippen LogP contribution in [0.1, 0.15) is 70.7 Å². The Bertz CT molecular complexity index is 1090. The van der Waals surface area contributed by atoms with E-state index in [9.17, 15) is 24.8 Å². The zero-order chi connectivity index (χ0) is 25.5. The first-order valence-electron chi connectivity index (χ1n) is 11.4. The van der Waals surface area contributed by atoms with Crippen LogP contribution in [0.3, 0.4) is 0 Å². The molecule has 0 saturated carbocycles. The number of aryl methyl sites for hydroxylation is 1. The summed E-state index contributed by atoms with van der Waals surface area (Å²) in [6.45, 7) is 8.44. The van der Waals surface area contributed by atoms with Gasteiger partial charge in [-0.1, -0.05) is 33.0 Å². The summed E-state index contributed by atoms with van der Waals surface area (Å²) < 4.78 is 24.8. The van der Waals surface area contributed by atoms with Crippen LogP contribution in [-0.2, 0) is 13.8 Å². The molecule has 3 aliphatic rings. The molecule has 3 unspecified atom stereocenters. The van der Waals surface area contributed by atoms with Crippen molar-refractivity contribution in [3.05, 3.63) is 28.2 Å². The van der Waals surface area contributed by atoms with Gasteiger partial charge in [0.2, 0.25) is 0 Å². The quantitative estimate of drug-likeness (QED) is 0.248. The lowest BCUT2D eigenvalue weighted by atomic mass is 9.92. The number of aliphatic hydroxyl groups is 3. The zero-order valence-corrected chi connectivity index (χ0v) is 21.8. The molecule has 0 amide bonds. The number of hydrogen-bond acceptors (Lipinski definition) is 9. The molecular formula is C22H34N3O7PS. The van der Waals surface area contributed by atoms with Crippen LogP contribution < -0.4 is 0 Å². The molecule has 3 aliphatic heterocycles. The second-order valence-corrected chi connectivity index (χ2v) is 11.6. The summed E-state index contributed by atoms with van der Waals surface area (Å²) in [7, 11) is -4.44. The van der Waals surface area contributed by atoms with Gasteiger partial charge in [0.25, 0.3) is 0 Å². The van der Waals surface area contributed by atoms with Crippen molar-refractivity contribution in [1.82, 2.24) is 15.0 Å². The predicted octanol–water partition coefficient (Wildman–Crippen LogP) is 3.38. The first kappa shape index (κ1) is 27.3. The Hall–Kier alpha value is -1.30. The third-order valence-corrected chi connectivity index (χ3v) is 9.46. The van der Waals surface area contributed by atoms with E-state index in [1.54, 1.807) is 40.0 Å². The van der Waals surface area contributed by atoms with Crippen molar-refractivity contribution in [2.75, 3.05) is 0 Å². The monoisotopic (exact) mass is 515 g/mol. The van der Waals surface area contributed by atoms with Crippen LogP contribution in [0.4, 0.5) is 0 Å². The fourth-order valence-electron chi connectivity index (χ4n) is 4.17. The highest BCUT2D eigenvalue weighted by atomic mass is 32.1. The number of nitrogens with zero attached hydrogens (tertiary/aromatic N) is 2. The van der Waals surface area contributed by atoms with Crippen LogP contribution in [0.2, 0.25) is 0 Å². The summed E-state index contributed by atoms with van der Waals surface area (Å²) in [4.78, 5) is 22.3. The van der Waals surface area contributed by atoms with E-state index in [4.69, 9.17) is 21.5 Å². The SMILES string of the molecule is CCC(C)(C[C@H]1O[C@@H](c2cc3nc(C)c[nH]c-3nc2=S)[C@@H](O)C1O)OP(=O)(O)C(O)(CC)CC. The standard InChI is InChI=1S/C22H34N3O7PS/c1-6-21(5,32-33(29,30)22(28,7-2)8-3)10-15-16(26)17(27)18(31-15)13-9-14-19(25-20(13)34)23-11-12(4)24-14/h9,11,15-18,26-28H,6-8,10H2,1-5H3,(H,29,30)(H,23,25,34)/t15-,16?,17+,18+,21?/m1/s1. The van der Waals surface area contributed by atoms with Crippen molar-refractivity contribution in [3.8, 4) is 11.5 Å². The molecule has 1 saturated heterocycles. The summed E-state index contributed by atoms with van der Waals surface area (Å²) in [5, 5.41) is 30.3. The Kier molecular flexibility index (Phi) is 8.01. The highest BCUT2D eigenvalue weighted by Gasteiger charge is 2.51. The molecule has 0 aromatic heterocycles. The van der Waals surface area contributed by atoms with Gasteiger partial charge >= 0.3 is 7.60 Å². The van der Waals surface area contributed by atoms with E-state index in [1.165, 1.54) is 0 Å². The average Bonchev–Trinajstić information content (AvgIpc) is 3.05. The lowest BCUT2D eigenvalue weighted by molar-refractivity contribution is -0.0544. The van der Waals surface area contributed by atoms with E-state index < -0.39 is 43.0 Å². The molecule has 0 aromatic rings. The number of aliphatic hydroxyl groups excluding tert-OH is 2. The van der Waals surface area contributed by atoms with Crippen molar-refractivity contribution >= 4 is 19.8 Å². The van der Waals surface area contributed by atoms with Crippen molar-refractivity contribution in [2.45, 2.75) is 95.7 Å². The van der Waals surface area contributed by atoms with Gasteiger partial charge in [0.15, 0.2) is 11.2 Å². The van der Waals surface area contributed by atoms with Gasteiger partial charge in [-0.25, -0.2) is 9.97 Å². The van der Waals surface area contributed by atoms with E-state index in [2.05, 4.69) is 15.0 Å². The molecule has 10 nitrogen and oxygen atoms in total. The predicted molar refractivity (Wildman–Crippen MR) is 128 cm³/mol. The molecule has 0 aromatic carbocycles. The third-order valence-electron chi connectivity index (χ3n) is 6.76.